The molecule has 23 heavy (non-hydrogen) atoms. The molecule has 2 aromatic heterocycles. The lowest BCUT2D eigenvalue weighted by Gasteiger charge is -2.39. The topological polar surface area (TPSA) is 68.8 Å². The first-order valence-electron chi connectivity index (χ1n) is 7.51. The number of aromatic nitrogens is 5. The van der Waals surface area contributed by atoms with Crippen LogP contribution < -0.4 is 0 Å². The van der Waals surface area contributed by atoms with Crippen LogP contribution in [0.3, 0.4) is 0 Å². The van der Waals surface area contributed by atoms with Gasteiger partial charge in [-0.25, -0.2) is 9.67 Å². The predicted molar refractivity (Wildman–Crippen MR) is 83.0 cm³/mol. The maximum Gasteiger partial charge on any atom is 0.253 e. The van der Waals surface area contributed by atoms with Crippen molar-refractivity contribution in [2.75, 3.05) is 13.1 Å². The summed E-state index contributed by atoms with van der Waals surface area (Å²) < 4.78 is 3.56. The summed E-state index contributed by atoms with van der Waals surface area (Å²) in [5, 5.41) is 8.29. The average molecular weight is 308 g/mol. The van der Waals surface area contributed by atoms with E-state index in [2.05, 4.69) is 15.2 Å². The van der Waals surface area contributed by atoms with Crippen molar-refractivity contribution < 1.29 is 4.79 Å². The van der Waals surface area contributed by atoms with E-state index in [0.29, 0.717) is 11.5 Å². The quantitative estimate of drug-likeness (QED) is 0.727. The van der Waals surface area contributed by atoms with Crippen LogP contribution in [0.5, 0.6) is 0 Å². The fraction of sp³-hybridized carbons (Fsp3) is 0.250. The second kappa shape index (κ2) is 5.68. The Labute approximate surface area is 133 Å². The Morgan fingerprint density at radius 1 is 1.22 bits per heavy atom. The fourth-order valence-corrected chi connectivity index (χ4v) is 2.83. The predicted octanol–water partition coefficient (Wildman–Crippen LogP) is 1.24. The highest BCUT2D eigenvalue weighted by Gasteiger charge is 2.31. The molecule has 0 aliphatic carbocycles. The second-order valence-corrected chi connectivity index (χ2v) is 5.69. The molecule has 4 rings (SSSR count). The fourth-order valence-electron chi connectivity index (χ4n) is 2.83. The molecule has 7 heteroatoms. The Morgan fingerprint density at radius 2 is 2.13 bits per heavy atom. The molecule has 1 amide bonds. The van der Waals surface area contributed by atoms with Crippen LogP contribution in [0.1, 0.15) is 10.4 Å². The molecule has 0 bridgehead atoms. The van der Waals surface area contributed by atoms with Crippen molar-refractivity contribution in [2.24, 2.45) is 5.92 Å². The molecule has 1 aliphatic rings. The lowest BCUT2D eigenvalue weighted by molar-refractivity contribution is 0.0461. The van der Waals surface area contributed by atoms with Gasteiger partial charge >= 0.3 is 0 Å². The van der Waals surface area contributed by atoms with E-state index < -0.39 is 0 Å². The summed E-state index contributed by atoms with van der Waals surface area (Å²) in [6.45, 7) is 2.31. The number of likely N-dealkylation sites (tertiary alicyclic amines) is 1. The highest BCUT2D eigenvalue weighted by Crippen LogP contribution is 2.21. The van der Waals surface area contributed by atoms with Crippen molar-refractivity contribution in [3.63, 3.8) is 0 Å². The molecule has 1 saturated heterocycles. The molecule has 7 nitrogen and oxygen atoms in total. The van der Waals surface area contributed by atoms with Crippen molar-refractivity contribution in [3.05, 3.63) is 60.9 Å². The highest BCUT2D eigenvalue weighted by molar-refractivity contribution is 5.95. The van der Waals surface area contributed by atoms with Crippen molar-refractivity contribution in [1.82, 2.24) is 29.4 Å². The normalized spacial score (nSPS) is 14.7. The van der Waals surface area contributed by atoms with Crippen molar-refractivity contribution in [1.29, 1.82) is 0 Å². The van der Waals surface area contributed by atoms with Crippen molar-refractivity contribution in [2.45, 2.75) is 6.54 Å². The van der Waals surface area contributed by atoms with Gasteiger partial charge in [0.15, 0.2) is 0 Å². The molecule has 0 saturated carbocycles. The molecular weight excluding hydrogens is 292 g/mol. The number of benzene rings is 1. The molecular formula is C16H16N6O. The van der Waals surface area contributed by atoms with E-state index in [0.717, 1.165) is 25.3 Å². The van der Waals surface area contributed by atoms with Crippen LogP contribution >= 0.6 is 0 Å². The first kappa shape index (κ1) is 13.7. The summed E-state index contributed by atoms with van der Waals surface area (Å²) in [6, 6.07) is 9.41. The number of carbonyl (C=O) groups is 1. The van der Waals surface area contributed by atoms with Crippen LogP contribution in [0.15, 0.2) is 55.4 Å². The van der Waals surface area contributed by atoms with E-state index in [1.54, 1.807) is 17.2 Å². The maximum absolute atomic E-state index is 12.6. The van der Waals surface area contributed by atoms with E-state index >= 15 is 0 Å². The molecule has 0 radical (unpaired) electrons. The van der Waals surface area contributed by atoms with Crippen LogP contribution in [0, 0.1) is 5.92 Å². The maximum atomic E-state index is 12.6. The molecule has 0 atom stereocenters. The van der Waals surface area contributed by atoms with Crippen molar-refractivity contribution >= 4 is 5.91 Å². The van der Waals surface area contributed by atoms with Crippen LogP contribution in [0.25, 0.3) is 5.69 Å². The third-order valence-corrected chi connectivity index (χ3v) is 4.02. The third-order valence-electron chi connectivity index (χ3n) is 4.02. The summed E-state index contributed by atoms with van der Waals surface area (Å²) in [4.78, 5) is 18.4. The van der Waals surface area contributed by atoms with Gasteiger partial charge in [0.25, 0.3) is 5.91 Å². The summed E-state index contributed by atoms with van der Waals surface area (Å²) >= 11 is 0. The van der Waals surface area contributed by atoms with Crippen LogP contribution in [0.2, 0.25) is 0 Å². The van der Waals surface area contributed by atoms with Gasteiger partial charge in [0, 0.05) is 43.5 Å². The van der Waals surface area contributed by atoms with Crippen LogP contribution in [0.4, 0.5) is 0 Å². The van der Waals surface area contributed by atoms with Gasteiger partial charge in [0.2, 0.25) is 0 Å². The number of amides is 1. The summed E-state index contributed by atoms with van der Waals surface area (Å²) in [5.41, 5.74) is 1.58. The minimum absolute atomic E-state index is 0.0637. The van der Waals surface area contributed by atoms with Gasteiger partial charge in [-0.3, -0.25) is 9.48 Å². The number of hydrogen-bond donors (Lipinski definition) is 0. The zero-order valence-corrected chi connectivity index (χ0v) is 12.5. The zero-order chi connectivity index (χ0) is 15.6. The van der Waals surface area contributed by atoms with Gasteiger partial charge in [0.05, 0.1) is 5.69 Å². The summed E-state index contributed by atoms with van der Waals surface area (Å²) in [7, 11) is 0. The molecule has 0 spiro atoms. The zero-order valence-electron chi connectivity index (χ0n) is 12.5. The van der Waals surface area contributed by atoms with E-state index in [1.165, 1.54) is 6.33 Å². The number of carbonyl (C=O) groups excluding carboxylic acids is 1. The Morgan fingerprint density at radius 3 is 2.87 bits per heavy atom. The lowest BCUT2D eigenvalue weighted by atomic mass is 9.99. The molecule has 3 heterocycles. The standard InChI is InChI=1S/C16H16N6O/c23-16(20-8-13(9-20)10-21-12-17-11-19-21)14-3-1-4-15(7-14)22-6-2-5-18-22/h1-7,11-13H,8-10H2. The summed E-state index contributed by atoms with van der Waals surface area (Å²) in [5.74, 6) is 0.504. The molecule has 1 aromatic carbocycles. The minimum Gasteiger partial charge on any atom is -0.338 e. The van der Waals surface area contributed by atoms with Gasteiger partial charge in [-0.15, -0.1) is 0 Å². The number of nitrogens with zero attached hydrogens (tertiary/aromatic N) is 6. The number of hydrogen-bond acceptors (Lipinski definition) is 4. The monoisotopic (exact) mass is 308 g/mol. The van der Waals surface area contributed by atoms with E-state index in [-0.39, 0.29) is 5.91 Å². The molecule has 116 valence electrons. The first-order valence-corrected chi connectivity index (χ1v) is 7.51. The Bertz CT molecular complexity index is 790. The molecule has 3 aromatic rings. The Kier molecular flexibility index (Phi) is 3.38. The summed E-state index contributed by atoms with van der Waals surface area (Å²) in [6.07, 6.45) is 6.82. The molecule has 0 N–H and O–H groups in total. The molecule has 1 aliphatic heterocycles. The lowest BCUT2D eigenvalue weighted by Crippen LogP contribution is -2.51. The van der Waals surface area contributed by atoms with E-state index in [9.17, 15) is 4.79 Å². The van der Waals surface area contributed by atoms with Crippen LogP contribution in [-0.4, -0.2) is 48.4 Å². The third kappa shape index (κ3) is 2.73. The molecule has 1 fully saturated rings. The Hall–Kier alpha value is -2.96. The minimum atomic E-state index is 0.0637. The van der Waals surface area contributed by atoms with Crippen molar-refractivity contribution in [3.8, 4) is 5.69 Å². The Balaban J connectivity index is 1.41. The van der Waals surface area contributed by atoms with Gasteiger partial charge in [-0.1, -0.05) is 6.07 Å². The largest absolute Gasteiger partial charge is 0.338 e. The van der Waals surface area contributed by atoms with Crippen LogP contribution in [-0.2, 0) is 6.54 Å². The second-order valence-electron chi connectivity index (χ2n) is 5.69. The smallest absolute Gasteiger partial charge is 0.253 e. The highest BCUT2D eigenvalue weighted by atomic mass is 16.2. The van der Waals surface area contributed by atoms with E-state index in [4.69, 9.17) is 0 Å². The van der Waals surface area contributed by atoms with Gasteiger partial charge in [-0.2, -0.15) is 10.2 Å². The van der Waals surface area contributed by atoms with Gasteiger partial charge < -0.3 is 4.90 Å². The van der Waals surface area contributed by atoms with Gasteiger partial charge in [-0.05, 0) is 24.3 Å². The van der Waals surface area contributed by atoms with E-state index in [1.807, 2.05) is 46.1 Å². The first-order chi connectivity index (χ1) is 11.3. The SMILES string of the molecule is O=C(c1cccc(-n2cccn2)c1)N1CC(Cn2cncn2)C1. The number of rotatable bonds is 4. The van der Waals surface area contributed by atoms with Gasteiger partial charge in [0.1, 0.15) is 12.7 Å². The average Bonchev–Trinajstić information content (AvgIpc) is 3.23. The molecule has 0 unspecified atom stereocenters.